The van der Waals surface area contributed by atoms with E-state index in [0.29, 0.717) is 34.3 Å². The molecule has 1 aromatic heterocycles. The number of hydrogen-bond donors (Lipinski definition) is 2. The van der Waals surface area contributed by atoms with Crippen LogP contribution in [0.15, 0.2) is 77.3 Å². The lowest BCUT2D eigenvalue weighted by Gasteiger charge is -2.12. The maximum absolute atomic E-state index is 12.8. The molecule has 178 valence electrons. The first-order valence-electron chi connectivity index (χ1n) is 11.0. The summed E-state index contributed by atoms with van der Waals surface area (Å²) in [6.45, 7) is 4.08. The van der Waals surface area contributed by atoms with Gasteiger partial charge in [-0.25, -0.2) is 0 Å². The Balaban J connectivity index is 1.35. The molecule has 0 unspecified atom stereocenters. The van der Waals surface area contributed by atoms with Crippen molar-refractivity contribution in [1.82, 2.24) is 5.16 Å². The number of carbonyl (C=O) groups is 2. The van der Waals surface area contributed by atoms with Crippen LogP contribution < -0.4 is 15.4 Å². The van der Waals surface area contributed by atoms with Crippen LogP contribution in [0.5, 0.6) is 5.75 Å². The van der Waals surface area contributed by atoms with Crippen LogP contribution >= 0.6 is 11.6 Å². The van der Waals surface area contributed by atoms with E-state index in [2.05, 4.69) is 15.8 Å². The number of benzene rings is 3. The van der Waals surface area contributed by atoms with Crippen molar-refractivity contribution < 1.29 is 18.8 Å². The average molecular weight is 490 g/mol. The lowest BCUT2D eigenvalue weighted by molar-refractivity contribution is -0.115. The Labute approximate surface area is 208 Å². The Hall–Kier alpha value is -4.10. The predicted octanol–water partition coefficient (Wildman–Crippen LogP) is 5.96. The number of ether oxygens (including phenoxy) is 1. The molecule has 0 radical (unpaired) electrons. The van der Waals surface area contributed by atoms with Gasteiger partial charge in [-0.15, -0.1) is 0 Å². The molecule has 4 rings (SSSR count). The molecule has 0 spiro atoms. The van der Waals surface area contributed by atoms with Crippen molar-refractivity contribution in [3.63, 3.8) is 0 Å². The van der Waals surface area contributed by atoms with Gasteiger partial charge in [0.15, 0.2) is 0 Å². The maximum Gasteiger partial charge on any atom is 0.257 e. The van der Waals surface area contributed by atoms with Gasteiger partial charge in [0.25, 0.3) is 5.91 Å². The molecule has 4 aromatic rings. The van der Waals surface area contributed by atoms with Crippen molar-refractivity contribution >= 4 is 34.8 Å². The summed E-state index contributed by atoms with van der Waals surface area (Å²) in [4.78, 5) is 25.5. The van der Waals surface area contributed by atoms with Crippen molar-refractivity contribution in [2.24, 2.45) is 0 Å². The van der Waals surface area contributed by atoms with Gasteiger partial charge in [-0.05, 0) is 67.9 Å². The van der Waals surface area contributed by atoms with E-state index >= 15 is 0 Å². The molecule has 0 atom stereocenters. The Morgan fingerprint density at radius 3 is 2.34 bits per heavy atom. The molecule has 2 N–H and O–H groups in total. The third kappa shape index (κ3) is 6.28. The first-order valence-corrected chi connectivity index (χ1v) is 11.4. The van der Waals surface area contributed by atoms with Gasteiger partial charge in [0, 0.05) is 10.7 Å². The minimum atomic E-state index is -0.331. The van der Waals surface area contributed by atoms with Crippen molar-refractivity contribution in [3.05, 3.63) is 106 Å². The maximum atomic E-state index is 12.8. The Morgan fingerprint density at radius 2 is 1.66 bits per heavy atom. The molecule has 0 saturated carbocycles. The number of carbonyl (C=O) groups excluding carboxylic acids is 2. The molecule has 3 aromatic carbocycles. The fraction of sp³-hybridized carbons (Fsp3) is 0.148. The lowest BCUT2D eigenvalue weighted by Crippen LogP contribution is -2.19. The van der Waals surface area contributed by atoms with Crippen molar-refractivity contribution in [2.45, 2.75) is 26.9 Å². The summed E-state index contributed by atoms with van der Waals surface area (Å²) in [6, 6.07) is 21.0. The fourth-order valence-corrected chi connectivity index (χ4v) is 3.59. The number of hydrogen-bond acceptors (Lipinski definition) is 5. The van der Waals surface area contributed by atoms with Crippen LogP contribution in [-0.2, 0) is 17.8 Å². The van der Waals surface area contributed by atoms with Crippen LogP contribution in [0.3, 0.4) is 0 Å². The van der Waals surface area contributed by atoms with Crippen LogP contribution in [0.1, 0.15) is 32.9 Å². The SMILES string of the molecule is Cc1noc(C)c1COc1ccc(CC(=O)Nc2ccccc2C(=O)Nc2ccc(Cl)cc2)cc1. The van der Waals surface area contributed by atoms with E-state index in [1.54, 1.807) is 48.5 Å². The molecule has 1 heterocycles. The second-order valence-corrected chi connectivity index (χ2v) is 8.40. The topological polar surface area (TPSA) is 93.5 Å². The summed E-state index contributed by atoms with van der Waals surface area (Å²) in [6.07, 6.45) is 0.150. The molecule has 7 nitrogen and oxygen atoms in total. The van der Waals surface area contributed by atoms with E-state index in [4.69, 9.17) is 20.9 Å². The lowest BCUT2D eigenvalue weighted by atomic mass is 10.1. The van der Waals surface area contributed by atoms with E-state index in [9.17, 15) is 9.59 Å². The minimum absolute atomic E-state index is 0.150. The van der Waals surface area contributed by atoms with Crippen LogP contribution in [0.2, 0.25) is 5.02 Å². The van der Waals surface area contributed by atoms with Gasteiger partial charge in [0.2, 0.25) is 5.91 Å². The molecule has 0 aliphatic carbocycles. The van der Waals surface area contributed by atoms with Gasteiger partial charge in [0.1, 0.15) is 18.1 Å². The second-order valence-electron chi connectivity index (χ2n) is 7.97. The highest BCUT2D eigenvalue weighted by Crippen LogP contribution is 2.21. The number of anilines is 2. The molecular weight excluding hydrogens is 466 g/mol. The molecular formula is C27H24ClN3O4. The first kappa shape index (κ1) is 24.0. The number of nitrogens with zero attached hydrogens (tertiary/aromatic N) is 1. The first-order chi connectivity index (χ1) is 16.9. The van der Waals surface area contributed by atoms with Gasteiger partial charge in [-0.2, -0.15) is 0 Å². The van der Waals surface area contributed by atoms with Crippen molar-refractivity contribution in [1.29, 1.82) is 0 Å². The smallest absolute Gasteiger partial charge is 0.257 e. The highest BCUT2D eigenvalue weighted by molar-refractivity contribution is 6.30. The van der Waals surface area contributed by atoms with E-state index in [-0.39, 0.29) is 18.2 Å². The van der Waals surface area contributed by atoms with Gasteiger partial charge in [-0.3, -0.25) is 9.59 Å². The molecule has 0 aliphatic rings. The second kappa shape index (κ2) is 10.9. The zero-order valence-corrected chi connectivity index (χ0v) is 20.1. The van der Waals surface area contributed by atoms with E-state index in [1.165, 1.54) is 0 Å². The van der Waals surface area contributed by atoms with Gasteiger partial charge in [-0.1, -0.05) is 41.0 Å². The third-order valence-corrected chi connectivity index (χ3v) is 5.65. The van der Waals surface area contributed by atoms with Gasteiger partial charge >= 0.3 is 0 Å². The number of rotatable bonds is 8. The summed E-state index contributed by atoms with van der Waals surface area (Å²) in [5, 5.41) is 10.1. The highest BCUT2D eigenvalue weighted by Gasteiger charge is 2.14. The molecule has 0 saturated heterocycles. The van der Waals surface area contributed by atoms with Gasteiger partial charge in [0.05, 0.1) is 28.9 Å². The summed E-state index contributed by atoms with van der Waals surface area (Å²) >= 11 is 5.90. The average Bonchev–Trinajstić information content (AvgIpc) is 3.17. The van der Waals surface area contributed by atoms with Crippen molar-refractivity contribution in [2.75, 3.05) is 10.6 Å². The van der Waals surface area contributed by atoms with E-state index in [1.807, 2.05) is 38.1 Å². The molecule has 0 fully saturated rings. The van der Waals surface area contributed by atoms with Crippen molar-refractivity contribution in [3.8, 4) is 5.75 Å². The Bertz CT molecular complexity index is 1310. The zero-order chi connectivity index (χ0) is 24.8. The number of aromatic nitrogens is 1. The number of para-hydroxylation sites is 1. The summed E-state index contributed by atoms with van der Waals surface area (Å²) in [7, 11) is 0. The Morgan fingerprint density at radius 1 is 0.943 bits per heavy atom. The monoisotopic (exact) mass is 489 g/mol. The van der Waals surface area contributed by atoms with Crippen LogP contribution in [-0.4, -0.2) is 17.0 Å². The normalized spacial score (nSPS) is 10.6. The number of aryl methyl sites for hydroxylation is 2. The third-order valence-electron chi connectivity index (χ3n) is 5.40. The molecule has 0 aliphatic heterocycles. The Kier molecular flexibility index (Phi) is 7.48. The largest absolute Gasteiger partial charge is 0.489 e. The molecule has 8 heteroatoms. The number of halogens is 1. The molecule has 35 heavy (non-hydrogen) atoms. The zero-order valence-electron chi connectivity index (χ0n) is 19.3. The summed E-state index contributed by atoms with van der Waals surface area (Å²) in [5.74, 6) is 0.848. The summed E-state index contributed by atoms with van der Waals surface area (Å²) in [5.41, 5.74) is 3.94. The molecule has 0 bridgehead atoms. The molecule has 2 amide bonds. The quantitative estimate of drug-likeness (QED) is 0.318. The summed E-state index contributed by atoms with van der Waals surface area (Å²) < 4.78 is 11.0. The fourth-order valence-electron chi connectivity index (χ4n) is 3.47. The number of nitrogens with one attached hydrogen (secondary N) is 2. The van der Waals surface area contributed by atoms with Crippen LogP contribution in [0.4, 0.5) is 11.4 Å². The van der Waals surface area contributed by atoms with E-state index < -0.39 is 0 Å². The van der Waals surface area contributed by atoms with Crippen LogP contribution in [0, 0.1) is 13.8 Å². The predicted molar refractivity (Wildman–Crippen MR) is 135 cm³/mol. The van der Waals surface area contributed by atoms with E-state index in [0.717, 1.165) is 22.6 Å². The minimum Gasteiger partial charge on any atom is -0.489 e. The number of amides is 2. The highest BCUT2D eigenvalue weighted by atomic mass is 35.5. The van der Waals surface area contributed by atoms with Crippen LogP contribution in [0.25, 0.3) is 0 Å². The standard InChI is InChI=1S/C27H24ClN3O4/c1-17-24(18(2)35-31-17)16-34-22-13-7-19(8-14-22)15-26(32)30-25-6-4-3-5-23(25)27(33)29-21-11-9-20(28)10-12-21/h3-14H,15-16H2,1-2H3,(H,29,33)(H,30,32). The van der Waals surface area contributed by atoms with Gasteiger partial charge < -0.3 is 19.9 Å².